The number of amides is 1. The second-order valence-electron chi connectivity index (χ2n) is 4.52. The van der Waals surface area contributed by atoms with Crippen molar-refractivity contribution in [2.45, 2.75) is 6.42 Å². The van der Waals surface area contributed by atoms with Gasteiger partial charge >= 0.3 is 0 Å². The van der Waals surface area contributed by atoms with Crippen molar-refractivity contribution in [1.29, 1.82) is 0 Å². The Balaban J connectivity index is 2.91. The molecular weight excluding hydrogens is 242 g/mol. The zero-order valence-electron chi connectivity index (χ0n) is 11.9. The van der Waals surface area contributed by atoms with E-state index in [2.05, 4.69) is 0 Å². The third kappa shape index (κ3) is 4.44. The lowest BCUT2D eigenvalue weighted by atomic mass is 10.2. The molecule has 0 radical (unpaired) electrons. The first-order valence-electron chi connectivity index (χ1n) is 6.38. The molecule has 1 aromatic rings. The van der Waals surface area contributed by atoms with Gasteiger partial charge in [-0.25, -0.2) is 0 Å². The highest BCUT2D eigenvalue weighted by Crippen LogP contribution is 2.27. The molecular formula is C14H23N3O2. The van der Waals surface area contributed by atoms with Crippen molar-refractivity contribution < 1.29 is 9.53 Å². The van der Waals surface area contributed by atoms with Gasteiger partial charge in [0.2, 0.25) is 5.91 Å². The molecule has 1 aromatic carbocycles. The van der Waals surface area contributed by atoms with Crippen molar-refractivity contribution in [2.75, 3.05) is 45.7 Å². The van der Waals surface area contributed by atoms with Gasteiger partial charge in [0.25, 0.3) is 0 Å². The topological polar surface area (TPSA) is 58.8 Å². The van der Waals surface area contributed by atoms with Gasteiger partial charge in [0.05, 0.1) is 19.3 Å². The molecule has 0 saturated heterocycles. The Hall–Kier alpha value is -1.75. The Morgan fingerprint density at radius 2 is 2.00 bits per heavy atom. The number of nitrogens with two attached hydrogens (primary N) is 1. The first-order chi connectivity index (χ1) is 9.10. The molecule has 0 heterocycles. The van der Waals surface area contributed by atoms with Gasteiger partial charge in [0, 0.05) is 20.6 Å². The molecule has 5 nitrogen and oxygen atoms in total. The Kier molecular flexibility index (Phi) is 6.15. The Morgan fingerprint density at radius 3 is 2.58 bits per heavy atom. The second kappa shape index (κ2) is 7.63. The predicted octanol–water partition coefficient (Wildman–Crippen LogP) is 0.939. The van der Waals surface area contributed by atoms with Crippen LogP contribution < -0.4 is 15.4 Å². The minimum absolute atomic E-state index is 0.0583. The van der Waals surface area contributed by atoms with Crippen LogP contribution in [0.4, 0.5) is 5.69 Å². The minimum atomic E-state index is 0.0583. The first-order valence-corrected chi connectivity index (χ1v) is 6.38. The number of likely N-dealkylation sites (N-methyl/N-ethyl adjacent to an activating group) is 1. The van der Waals surface area contributed by atoms with Gasteiger partial charge in [-0.1, -0.05) is 12.1 Å². The third-order valence-electron chi connectivity index (χ3n) is 2.88. The number of para-hydroxylation sites is 2. The lowest BCUT2D eigenvalue weighted by Gasteiger charge is -2.27. The molecule has 2 N–H and O–H groups in total. The molecule has 0 unspecified atom stereocenters. The van der Waals surface area contributed by atoms with Crippen molar-refractivity contribution >= 4 is 11.6 Å². The van der Waals surface area contributed by atoms with Crippen LogP contribution in [0.25, 0.3) is 0 Å². The van der Waals surface area contributed by atoms with Gasteiger partial charge in [-0.3, -0.25) is 4.79 Å². The summed E-state index contributed by atoms with van der Waals surface area (Å²) in [6, 6.07) is 7.70. The molecule has 1 amide bonds. The number of anilines is 1. The quantitative estimate of drug-likeness (QED) is 0.797. The van der Waals surface area contributed by atoms with E-state index in [0.29, 0.717) is 13.1 Å². The standard InChI is InChI=1S/C14H23N3O2/c1-16(2)14(18)11-17(10-6-9-15)12-7-4-5-8-13(12)19-3/h4-5,7-8H,6,9-11,15H2,1-3H3. The number of benzene rings is 1. The summed E-state index contributed by atoms with van der Waals surface area (Å²) in [5, 5.41) is 0. The average molecular weight is 265 g/mol. The number of nitrogens with zero attached hydrogens (tertiary/aromatic N) is 2. The zero-order valence-corrected chi connectivity index (χ0v) is 11.9. The maximum atomic E-state index is 11.9. The highest BCUT2D eigenvalue weighted by atomic mass is 16.5. The predicted molar refractivity (Wildman–Crippen MR) is 77.6 cm³/mol. The molecule has 0 spiro atoms. The van der Waals surface area contributed by atoms with Crippen LogP contribution in [0.15, 0.2) is 24.3 Å². The summed E-state index contributed by atoms with van der Waals surface area (Å²) in [4.78, 5) is 15.5. The first kappa shape index (κ1) is 15.3. The Morgan fingerprint density at radius 1 is 1.32 bits per heavy atom. The molecule has 19 heavy (non-hydrogen) atoms. The zero-order chi connectivity index (χ0) is 14.3. The highest BCUT2D eigenvalue weighted by molar-refractivity contribution is 5.81. The second-order valence-corrected chi connectivity index (χ2v) is 4.52. The summed E-state index contributed by atoms with van der Waals surface area (Å²) in [5.41, 5.74) is 6.49. The smallest absolute Gasteiger partial charge is 0.241 e. The highest BCUT2D eigenvalue weighted by Gasteiger charge is 2.15. The molecule has 0 bridgehead atoms. The van der Waals surface area contributed by atoms with Crippen molar-refractivity contribution in [3.8, 4) is 5.75 Å². The minimum Gasteiger partial charge on any atom is -0.495 e. The van der Waals surface area contributed by atoms with Crippen LogP contribution in [0.5, 0.6) is 5.75 Å². The van der Waals surface area contributed by atoms with Crippen LogP contribution in [0, 0.1) is 0 Å². The van der Waals surface area contributed by atoms with Crippen LogP contribution in [-0.2, 0) is 4.79 Å². The summed E-state index contributed by atoms with van der Waals surface area (Å²) in [7, 11) is 5.14. The van der Waals surface area contributed by atoms with Crippen molar-refractivity contribution in [2.24, 2.45) is 5.73 Å². The lowest BCUT2D eigenvalue weighted by molar-refractivity contribution is -0.127. The van der Waals surface area contributed by atoms with Gasteiger partial charge in [0.15, 0.2) is 0 Å². The van der Waals surface area contributed by atoms with E-state index < -0.39 is 0 Å². The van der Waals surface area contributed by atoms with E-state index in [1.54, 1.807) is 26.1 Å². The van der Waals surface area contributed by atoms with Crippen molar-refractivity contribution in [1.82, 2.24) is 4.90 Å². The van der Waals surface area contributed by atoms with Crippen molar-refractivity contribution in [3.05, 3.63) is 24.3 Å². The number of carbonyl (C=O) groups is 1. The van der Waals surface area contributed by atoms with Crippen LogP contribution >= 0.6 is 0 Å². The van der Waals surface area contributed by atoms with Crippen LogP contribution in [0.1, 0.15) is 6.42 Å². The van der Waals surface area contributed by atoms with E-state index in [9.17, 15) is 4.79 Å². The summed E-state index contributed by atoms with van der Waals surface area (Å²) < 4.78 is 5.35. The number of hydrogen-bond acceptors (Lipinski definition) is 4. The van der Waals surface area contributed by atoms with Crippen LogP contribution in [-0.4, -0.2) is 51.6 Å². The van der Waals surface area contributed by atoms with Gasteiger partial charge < -0.3 is 20.3 Å². The summed E-state index contributed by atoms with van der Waals surface area (Å²) in [6.07, 6.45) is 0.832. The Labute approximate surface area is 114 Å². The third-order valence-corrected chi connectivity index (χ3v) is 2.88. The van der Waals surface area contributed by atoms with Gasteiger partial charge in [-0.05, 0) is 25.1 Å². The van der Waals surface area contributed by atoms with E-state index in [1.165, 1.54) is 0 Å². The van der Waals surface area contributed by atoms with Crippen molar-refractivity contribution in [3.63, 3.8) is 0 Å². The SMILES string of the molecule is COc1ccccc1N(CCCN)CC(=O)N(C)C. The summed E-state index contributed by atoms with van der Waals surface area (Å²) >= 11 is 0. The molecule has 0 aliphatic carbocycles. The number of hydrogen-bond donors (Lipinski definition) is 1. The monoisotopic (exact) mass is 265 g/mol. The molecule has 106 valence electrons. The lowest BCUT2D eigenvalue weighted by Crippen LogP contribution is -2.37. The van der Waals surface area contributed by atoms with Gasteiger partial charge in [-0.15, -0.1) is 0 Å². The van der Waals surface area contributed by atoms with E-state index in [4.69, 9.17) is 10.5 Å². The molecule has 0 fully saturated rings. The number of rotatable bonds is 7. The number of carbonyl (C=O) groups excluding carboxylic acids is 1. The number of methoxy groups -OCH3 is 1. The van der Waals surface area contributed by atoms with Crippen LogP contribution in [0.2, 0.25) is 0 Å². The van der Waals surface area contributed by atoms with E-state index >= 15 is 0 Å². The molecule has 1 rings (SSSR count). The normalized spacial score (nSPS) is 10.1. The Bertz CT molecular complexity index is 407. The fourth-order valence-corrected chi connectivity index (χ4v) is 1.76. The van der Waals surface area contributed by atoms with Gasteiger partial charge in [-0.2, -0.15) is 0 Å². The molecule has 0 aliphatic heterocycles. The maximum Gasteiger partial charge on any atom is 0.241 e. The maximum absolute atomic E-state index is 11.9. The van der Waals surface area contributed by atoms with E-state index in [1.807, 2.05) is 29.2 Å². The number of ether oxygens (including phenoxy) is 1. The fraction of sp³-hybridized carbons (Fsp3) is 0.500. The molecule has 5 heteroatoms. The van der Waals surface area contributed by atoms with E-state index in [0.717, 1.165) is 24.4 Å². The van der Waals surface area contributed by atoms with Crippen LogP contribution in [0.3, 0.4) is 0 Å². The molecule has 0 atom stereocenters. The average Bonchev–Trinajstić information content (AvgIpc) is 2.43. The molecule has 0 aromatic heterocycles. The summed E-state index contributed by atoms with van der Waals surface area (Å²) in [5.74, 6) is 0.828. The van der Waals surface area contributed by atoms with E-state index in [-0.39, 0.29) is 5.91 Å². The fourth-order valence-electron chi connectivity index (χ4n) is 1.76. The molecule has 0 aliphatic rings. The largest absolute Gasteiger partial charge is 0.495 e. The molecule has 0 saturated carbocycles. The summed E-state index contributed by atoms with van der Waals surface area (Å²) in [6.45, 7) is 1.66. The van der Waals surface area contributed by atoms with Gasteiger partial charge in [0.1, 0.15) is 5.75 Å².